The second-order valence-corrected chi connectivity index (χ2v) is 5.01. The standard InChI is InChI=1S/C9H15N5OS/c15-12-7-5-3-1-2-4-6-8(7)16-9-10-13-14-11-9/h8,15H,1-6H2,(H,10,11,13,14)/b12-7+/t8-/m1/s1. The fourth-order valence-electron chi connectivity index (χ4n) is 1.89. The molecule has 1 aliphatic carbocycles. The average Bonchev–Trinajstić information content (AvgIpc) is 2.75. The SMILES string of the molecule is O/N=C1\CCCCCC[C@H]1Sc1nn[nH]n1. The predicted molar refractivity (Wildman–Crippen MR) is 60.7 cm³/mol. The summed E-state index contributed by atoms with van der Waals surface area (Å²) in [5, 5.41) is 27.0. The van der Waals surface area contributed by atoms with Gasteiger partial charge in [0.25, 0.3) is 0 Å². The van der Waals surface area contributed by atoms with Crippen LogP contribution in [-0.4, -0.2) is 36.8 Å². The highest BCUT2D eigenvalue weighted by atomic mass is 32.2. The van der Waals surface area contributed by atoms with Gasteiger partial charge in [0.1, 0.15) is 0 Å². The van der Waals surface area contributed by atoms with E-state index in [4.69, 9.17) is 5.21 Å². The molecule has 0 saturated heterocycles. The third-order valence-corrected chi connectivity index (χ3v) is 3.90. The zero-order valence-electron chi connectivity index (χ0n) is 8.96. The topological polar surface area (TPSA) is 87.0 Å². The Morgan fingerprint density at radius 2 is 2.19 bits per heavy atom. The maximum absolute atomic E-state index is 9.02. The van der Waals surface area contributed by atoms with E-state index in [1.807, 2.05) is 0 Å². The van der Waals surface area contributed by atoms with Crippen LogP contribution >= 0.6 is 11.8 Å². The number of H-pyrrole nitrogens is 1. The Hall–Kier alpha value is -1.11. The van der Waals surface area contributed by atoms with Crippen molar-refractivity contribution < 1.29 is 5.21 Å². The largest absolute Gasteiger partial charge is 0.411 e. The Bertz CT molecular complexity index is 340. The van der Waals surface area contributed by atoms with Gasteiger partial charge in [-0.15, -0.1) is 10.2 Å². The Balaban J connectivity index is 2.02. The van der Waals surface area contributed by atoms with Crippen LogP contribution in [0.25, 0.3) is 0 Å². The van der Waals surface area contributed by atoms with Crippen LogP contribution in [0.1, 0.15) is 38.5 Å². The molecule has 16 heavy (non-hydrogen) atoms. The Morgan fingerprint density at radius 1 is 1.31 bits per heavy atom. The Morgan fingerprint density at radius 3 is 2.94 bits per heavy atom. The van der Waals surface area contributed by atoms with Gasteiger partial charge in [0.2, 0.25) is 5.16 Å². The number of nitrogens with one attached hydrogen (secondary N) is 1. The molecule has 1 aliphatic rings. The minimum atomic E-state index is 0.183. The van der Waals surface area contributed by atoms with Gasteiger partial charge in [-0.05, 0) is 24.5 Å². The summed E-state index contributed by atoms with van der Waals surface area (Å²) in [6, 6.07) is 0. The number of tetrazole rings is 1. The van der Waals surface area contributed by atoms with Crippen molar-refractivity contribution in [1.82, 2.24) is 20.6 Å². The van der Waals surface area contributed by atoms with Crippen LogP contribution in [0.3, 0.4) is 0 Å². The van der Waals surface area contributed by atoms with E-state index in [1.54, 1.807) is 0 Å². The van der Waals surface area contributed by atoms with Crippen molar-refractivity contribution in [3.63, 3.8) is 0 Å². The van der Waals surface area contributed by atoms with Crippen LogP contribution in [0.15, 0.2) is 10.3 Å². The van der Waals surface area contributed by atoms with Gasteiger partial charge >= 0.3 is 0 Å². The molecule has 0 unspecified atom stereocenters. The lowest BCUT2D eigenvalue weighted by molar-refractivity contribution is 0.315. The van der Waals surface area contributed by atoms with E-state index < -0.39 is 0 Å². The van der Waals surface area contributed by atoms with Gasteiger partial charge in [-0.1, -0.05) is 36.2 Å². The molecule has 0 radical (unpaired) electrons. The molecular weight excluding hydrogens is 226 g/mol. The average molecular weight is 241 g/mol. The summed E-state index contributed by atoms with van der Waals surface area (Å²) in [6.45, 7) is 0. The summed E-state index contributed by atoms with van der Waals surface area (Å²) in [4.78, 5) is 0. The fourth-order valence-corrected chi connectivity index (χ4v) is 2.91. The first-order chi connectivity index (χ1) is 7.90. The molecule has 0 amide bonds. The highest BCUT2D eigenvalue weighted by Gasteiger charge is 2.21. The molecule has 2 N–H and O–H groups in total. The van der Waals surface area contributed by atoms with Crippen molar-refractivity contribution in [3.05, 3.63) is 0 Å². The van der Waals surface area contributed by atoms with Crippen molar-refractivity contribution >= 4 is 17.5 Å². The molecule has 1 atom stereocenters. The number of hydrogen-bond donors (Lipinski definition) is 2. The molecular formula is C9H15N5OS. The van der Waals surface area contributed by atoms with Gasteiger partial charge in [0.15, 0.2) is 0 Å². The quantitative estimate of drug-likeness (QED) is 0.609. The number of hydrogen-bond acceptors (Lipinski definition) is 6. The lowest BCUT2D eigenvalue weighted by Crippen LogP contribution is -2.19. The molecule has 0 bridgehead atoms. The number of oxime groups is 1. The summed E-state index contributed by atoms with van der Waals surface area (Å²) >= 11 is 1.52. The Kier molecular flexibility index (Phi) is 4.15. The molecule has 1 heterocycles. The van der Waals surface area contributed by atoms with E-state index in [9.17, 15) is 0 Å². The van der Waals surface area contributed by atoms with Crippen LogP contribution in [-0.2, 0) is 0 Å². The minimum absolute atomic E-state index is 0.183. The zero-order valence-corrected chi connectivity index (χ0v) is 9.78. The molecule has 88 valence electrons. The minimum Gasteiger partial charge on any atom is -0.411 e. The van der Waals surface area contributed by atoms with Crippen molar-refractivity contribution in [1.29, 1.82) is 0 Å². The molecule has 6 nitrogen and oxygen atoms in total. The van der Waals surface area contributed by atoms with Gasteiger partial charge in [0, 0.05) is 0 Å². The lowest BCUT2D eigenvalue weighted by atomic mass is 9.99. The van der Waals surface area contributed by atoms with Crippen molar-refractivity contribution in [3.8, 4) is 0 Å². The summed E-state index contributed by atoms with van der Waals surface area (Å²) in [6.07, 6.45) is 6.61. The summed E-state index contributed by atoms with van der Waals surface area (Å²) in [5.74, 6) is 0. The third kappa shape index (κ3) is 2.94. The van der Waals surface area contributed by atoms with E-state index in [0.29, 0.717) is 5.16 Å². The number of nitrogens with zero attached hydrogens (tertiary/aromatic N) is 4. The first-order valence-corrected chi connectivity index (χ1v) is 6.39. The van der Waals surface area contributed by atoms with Gasteiger partial charge in [-0.2, -0.15) is 5.21 Å². The van der Waals surface area contributed by atoms with E-state index in [1.165, 1.54) is 24.6 Å². The fraction of sp³-hybridized carbons (Fsp3) is 0.778. The second-order valence-electron chi connectivity index (χ2n) is 3.85. The number of rotatable bonds is 2. The van der Waals surface area contributed by atoms with Crippen LogP contribution in [0.2, 0.25) is 0 Å². The summed E-state index contributed by atoms with van der Waals surface area (Å²) in [5.41, 5.74) is 0.856. The van der Waals surface area contributed by atoms with Crippen LogP contribution in [0.4, 0.5) is 0 Å². The summed E-state index contributed by atoms with van der Waals surface area (Å²) in [7, 11) is 0. The number of thioether (sulfide) groups is 1. The molecule has 1 aromatic heterocycles. The first-order valence-electron chi connectivity index (χ1n) is 5.51. The van der Waals surface area contributed by atoms with Crippen LogP contribution < -0.4 is 0 Å². The molecule has 7 heteroatoms. The molecule has 1 saturated carbocycles. The van der Waals surface area contributed by atoms with Gasteiger partial charge < -0.3 is 5.21 Å². The maximum atomic E-state index is 9.02. The molecule has 1 fully saturated rings. The van der Waals surface area contributed by atoms with Crippen molar-refractivity contribution in [2.24, 2.45) is 5.16 Å². The highest BCUT2D eigenvalue weighted by Crippen LogP contribution is 2.28. The normalized spacial score (nSPS) is 25.2. The maximum Gasteiger partial charge on any atom is 0.231 e. The molecule has 1 aromatic rings. The van der Waals surface area contributed by atoms with E-state index in [2.05, 4.69) is 25.8 Å². The van der Waals surface area contributed by atoms with E-state index in [-0.39, 0.29) is 5.25 Å². The van der Waals surface area contributed by atoms with Crippen molar-refractivity contribution in [2.45, 2.75) is 48.9 Å². The van der Waals surface area contributed by atoms with Gasteiger partial charge in [-0.25, -0.2) is 0 Å². The lowest BCUT2D eigenvalue weighted by Gasteiger charge is -2.18. The third-order valence-electron chi connectivity index (χ3n) is 2.72. The molecule has 0 aromatic carbocycles. The zero-order chi connectivity index (χ0) is 11.2. The van der Waals surface area contributed by atoms with E-state index >= 15 is 0 Å². The van der Waals surface area contributed by atoms with Crippen molar-refractivity contribution in [2.75, 3.05) is 0 Å². The van der Waals surface area contributed by atoms with Gasteiger partial charge in [0.05, 0.1) is 11.0 Å². The molecule has 0 aliphatic heterocycles. The number of aromatic amines is 1. The predicted octanol–water partition coefficient (Wildman–Crippen LogP) is 1.84. The smallest absolute Gasteiger partial charge is 0.231 e. The second kappa shape index (κ2) is 5.83. The number of aromatic nitrogens is 4. The van der Waals surface area contributed by atoms with Crippen LogP contribution in [0, 0.1) is 0 Å². The first kappa shape index (κ1) is 11.4. The highest BCUT2D eigenvalue weighted by molar-refractivity contribution is 8.00. The molecule has 2 rings (SSSR count). The van der Waals surface area contributed by atoms with Crippen LogP contribution in [0.5, 0.6) is 0 Å². The monoisotopic (exact) mass is 241 g/mol. The molecule has 0 spiro atoms. The van der Waals surface area contributed by atoms with Gasteiger partial charge in [-0.3, -0.25) is 0 Å². The van der Waals surface area contributed by atoms with E-state index in [0.717, 1.165) is 31.4 Å². The summed E-state index contributed by atoms with van der Waals surface area (Å²) < 4.78 is 0. The Labute approximate surface area is 97.9 Å².